The third-order valence-electron chi connectivity index (χ3n) is 5.66. The van der Waals surface area contributed by atoms with Crippen LogP contribution in [0.5, 0.6) is 0 Å². The SMILES string of the molecule is CCc1ccc(C(=O)c2cc([C@]3(C)O[C@H](C)[C@@H](O)[C@H](O)[C@H]3O)c(COC)cc2Cl)s1. The minimum Gasteiger partial charge on any atom is -0.388 e. The molecule has 30 heavy (non-hydrogen) atoms. The Kier molecular flexibility index (Phi) is 7.04. The first kappa shape index (κ1) is 23.3. The molecule has 8 heteroatoms. The van der Waals surface area contributed by atoms with Crippen molar-refractivity contribution in [3.8, 4) is 0 Å². The normalized spacial score (nSPS) is 29.2. The quantitative estimate of drug-likeness (QED) is 0.580. The van der Waals surface area contributed by atoms with E-state index in [1.54, 1.807) is 32.0 Å². The first-order chi connectivity index (χ1) is 14.1. The van der Waals surface area contributed by atoms with Crippen molar-refractivity contribution in [1.82, 2.24) is 0 Å². The second kappa shape index (κ2) is 9.04. The van der Waals surface area contributed by atoms with Crippen molar-refractivity contribution in [3.05, 3.63) is 55.7 Å². The minimum absolute atomic E-state index is 0.168. The average Bonchev–Trinajstić information content (AvgIpc) is 3.20. The number of hydrogen-bond acceptors (Lipinski definition) is 7. The van der Waals surface area contributed by atoms with Gasteiger partial charge in [0.1, 0.15) is 23.9 Å². The van der Waals surface area contributed by atoms with Crippen LogP contribution in [0.25, 0.3) is 0 Å². The van der Waals surface area contributed by atoms with Crippen molar-refractivity contribution in [2.45, 2.75) is 63.8 Å². The molecule has 0 bridgehead atoms. The molecular weight excluding hydrogens is 428 g/mol. The van der Waals surface area contributed by atoms with Gasteiger partial charge in [-0.25, -0.2) is 0 Å². The Morgan fingerprint density at radius 3 is 2.57 bits per heavy atom. The van der Waals surface area contributed by atoms with Crippen molar-refractivity contribution in [2.75, 3.05) is 7.11 Å². The molecule has 2 aromatic rings. The number of ether oxygens (including phenoxy) is 2. The van der Waals surface area contributed by atoms with E-state index in [-0.39, 0.29) is 23.0 Å². The zero-order valence-electron chi connectivity index (χ0n) is 17.4. The van der Waals surface area contributed by atoms with Gasteiger partial charge in [-0.1, -0.05) is 18.5 Å². The topological polar surface area (TPSA) is 96.2 Å². The fraction of sp³-hybridized carbons (Fsp3) is 0.500. The molecule has 1 aliphatic heterocycles. The van der Waals surface area contributed by atoms with E-state index >= 15 is 0 Å². The molecule has 0 amide bonds. The summed E-state index contributed by atoms with van der Waals surface area (Å²) in [6.45, 7) is 5.43. The molecule has 1 aromatic heterocycles. The van der Waals surface area contributed by atoms with Crippen molar-refractivity contribution in [1.29, 1.82) is 0 Å². The second-order valence-corrected chi connectivity index (χ2v) is 9.30. The van der Waals surface area contributed by atoms with E-state index in [0.29, 0.717) is 16.0 Å². The van der Waals surface area contributed by atoms with Gasteiger partial charge in [0.2, 0.25) is 5.78 Å². The fourth-order valence-corrected chi connectivity index (χ4v) is 5.06. The lowest BCUT2D eigenvalue weighted by Gasteiger charge is -2.47. The summed E-state index contributed by atoms with van der Waals surface area (Å²) in [5.41, 5.74) is 0.00283. The number of aliphatic hydroxyl groups is 3. The largest absolute Gasteiger partial charge is 0.388 e. The number of carbonyl (C=O) groups is 1. The van der Waals surface area contributed by atoms with E-state index in [1.807, 2.05) is 13.0 Å². The van der Waals surface area contributed by atoms with E-state index in [4.69, 9.17) is 21.1 Å². The highest BCUT2D eigenvalue weighted by atomic mass is 35.5. The molecule has 5 atom stereocenters. The Bertz CT molecular complexity index is 928. The summed E-state index contributed by atoms with van der Waals surface area (Å²) in [7, 11) is 1.52. The minimum atomic E-state index is -1.42. The lowest BCUT2D eigenvalue weighted by Crippen LogP contribution is -2.61. The lowest BCUT2D eigenvalue weighted by atomic mass is 9.78. The van der Waals surface area contributed by atoms with Crippen LogP contribution in [0.3, 0.4) is 0 Å². The summed E-state index contributed by atoms with van der Waals surface area (Å²) >= 11 is 7.87. The van der Waals surface area contributed by atoms with Crippen molar-refractivity contribution < 1.29 is 29.6 Å². The Labute approximate surface area is 185 Å². The molecule has 6 nitrogen and oxygen atoms in total. The van der Waals surface area contributed by atoms with Crippen LogP contribution >= 0.6 is 22.9 Å². The van der Waals surface area contributed by atoms with Crippen LogP contribution < -0.4 is 0 Å². The first-order valence-electron chi connectivity index (χ1n) is 9.81. The van der Waals surface area contributed by atoms with Gasteiger partial charge in [0.05, 0.1) is 22.6 Å². The number of ketones is 1. The molecule has 0 aliphatic carbocycles. The maximum atomic E-state index is 13.2. The van der Waals surface area contributed by atoms with Gasteiger partial charge in [0.15, 0.2) is 0 Å². The van der Waals surface area contributed by atoms with Crippen LogP contribution in [0.15, 0.2) is 24.3 Å². The molecule has 164 valence electrons. The van der Waals surface area contributed by atoms with Gasteiger partial charge in [0.25, 0.3) is 0 Å². The van der Waals surface area contributed by atoms with Crippen molar-refractivity contribution in [3.63, 3.8) is 0 Å². The van der Waals surface area contributed by atoms with E-state index in [0.717, 1.165) is 11.3 Å². The smallest absolute Gasteiger partial charge is 0.204 e. The van der Waals surface area contributed by atoms with Crippen LogP contribution in [-0.4, -0.2) is 52.6 Å². The van der Waals surface area contributed by atoms with Crippen LogP contribution in [0.1, 0.15) is 52.0 Å². The number of carbonyl (C=O) groups excluding carboxylic acids is 1. The maximum Gasteiger partial charge on any atom is 0.204 e. The zero-order valence-corrected chi connectivity index (χ0v) is 19.0. The summed E-state index contributed by atoms with van der Waals surface area (Å²) in [5, 5.41) is 31.5. The standard InChI is InChI=1S/C22H27ClO6S/c1-5-13-6-7-17(30-13)19(25)14-9-15(12(10-28-4)8-16(14)23)22(3)21(27)20(26)18(24)11(2)29-22/h6-9,11,18,20-21,24,26-27H,5,10H2,1-4H3/t11-,18-,20+,21-,22+/m1/s1. The number of halogens is 1. The number of rotatable bonds is 6. The molecule has 0 spiro atoms. The Hall–Kier alpha value is -1.32. The lowest BCUT2D eigenvalue weighted by molar-refractivity contribution is -0.263. The molecule has 0 unspecified atom stereocenters. The highest BCUT2D eigenvalue weighted by molar-refractivity contribution is 7.14. The van der Waals surface area contributed by atoms with Crippen LogP contribution in [0.4, 0.5) is 0 Å². The average molecular weight is 455 g/mol. The molecule has 0 saturated carbocycles. The number of benzene rings is 1. The van der Waals surface area contributed by atoms with Crippen molar-refractivity contribution in [2.24, 2.45) is 0 Å². The summed E-state index contributed by atoms with van der Waals surface area (Å²) in [4.78, 5) is 14.8. The van der Waals surface area contributed by atoms with Gasteiger partial charge in [-0.15, -0.1) is 11.3 Å². The summed E-state index contributed by atoms with van der Waals surface area (Å²) < 4.78 is 11.3. The van der Waals surface area contributed by atoms with E-state index in [2.05, 4.69) is 0 Å². The summed E-state index contributed by atoms with van der Waals surface area (Å²) in [6.07, 6.45) is -3.96. The molecular formula is C22H27ClO6S. The maximum absolute atomic E-state index is 13.2. The fourth-order valence-electron chi connectivity index (χ4n) is 3.89. The van der Waals surface area contributed by atoms with E-state index < -0.39 is 30.0 Å². The first-order valence-corrected chi connectivity index (χ1v) is 11.0. The third kappa shape index (κ3) is 4.08. The highest BCUT2D eigenvalue weighted by Crippen LogP contribution is 2.41. The molecule has 1 aromatic carbocycles. The third-order valence-corrected chi connectivity index (χ3v) is 7.20. The van der Waals surface area contributed by atoms with Gasteiger partial charge in [-0.05, 0) is 55.7 Å². The summed E-state index contributed by atoms with van der Waals surface area (Å²) in [6, 6.07) is 6.93. The number of aryl methyl sites for hydroxylation is 1. The van der Waals surface area contributed by atoms with Gasteiger partial charge in [0, 0.05) is 17.6 Å². The number of aliphatic hydroxyl groups excluding tert-OH is 3. The molecule has 0 radical (unpaired) electrons. The predicted octanol–water partition coefficient (Wildman–Crippen LogP) is 3.06. The number of methoxy groups -OCH3 is 1. The molecule has 1 fully saturated rings. The van der Waals surface area contributed by atoms with Gasteiger partial charge < -0.3 is 24.8 Å². The van der Waals surface area contributed by atoms with Crippen LogP contribution in [0.2, 0.25) is 5.02 Å². The Morgan fingerprint density at radius 1 is 1.27 bits per heavy atom. The number of thiophene rings is 1. The van der Waals surface area contributed by atoms with Crippen LogP contribution in [0, 0.1) is 0 Å². The number of hydrogen-bond donors (Lipinski definition) is 3. The zero-order chi connectivity index (χ0) is 22.2. The Balaban J connectivity index is 2.13. The molecule has 2 heterocycles. The predicted molar refractivity (Wildman–Crippen MR) is 115 cm³/mol. The molecule has 1 saturated heterocycles. The van der Waals surface area contributed by atoms with E-state index in [1.165, 1.54) is 18.4 Å². The molecule has 3 rings (SSSR count). The van der Waals surface area contributed by atoms with Gasteiger partial charge in [-0.2, -0.15) is 0 Å². The monoisotopic (exact) mass is 454 g/mol. The summed E-state index contributed by atoms with van der Waals surface area (Å²) in [5.74, 6) is -0.225. The van der Waals surface area contributed by atoms with E-state index in [9.17, 15) is 20.1 Å². The molecule has 3 N–H and O–H groups in total. The van der Waals surface area contributed by atoms with Crippen LogP contribution in [-0.2, 0) is 28.1 Å². The van der Waals surface area contributed by atoms with Gasteiger partial charge in [-0.3, -0.25) is 4.79 Å². The molecule has 1 aliphatic rings. The van der Waals surface area contributed by atoms with Crippen molar-refractivity contribution >= 4 is 28.7 Å². The second-order valence-electron chi connectivity index (χ2n) is 7.73. The van der Waals surface area contributed by atoms with Gasteiger partial charge >= 0.3 is 0 Å². The Morgan fingerprint density at radius 2 is 1.97 bits per heavy atom. The highest BCUT2D eigenvalue weighted by Gasteiger charge is 2.51.